The second-order valence-corrected chi connectivity index (χ2v) is 5.20. The molecule has 1 aliphatic rings. The van der Waals surface area contributed by atoms with Crippen LogP contribution in [0.1, 0.15) is 19.3 Å². The number of ether oxygens (including phenoxy) is 1. The number of nitro benzene ring substituents is 1. The maximum absolute atomic E-state index is 10.9. The fraction of sp³-hybridized carbons (Fsp3) is 0.500. The van der Waals surface area contributed by atoms with E-state index in [1.54, 1.807) is 12.1 Å². The Labute approximate surface area is 114 Å². The highest BCUT2D eigenvalue weighted by atomic mass is 79.9. The molecule has 1 unspecified atom stereocenters. The van der Waals surface area contributed by atoms with Crippen LogP contribution < -0.4 is 5.32 Å². The molecule has 1 N–H and O–H groups in total. The molecule has 1 aliphatic heterocycles. The smallest absolute Gasteiger partial charge is 0.292 e. The molecule has 1 aromatic rings. The SMILES string of the molecule is O=[N+]([O-])c1ccc(Br)cc1NCC1CCCCO1. The van der Waals surface area contributed by atoms with Gasteiger partial charge in [0.15, 0.2) is 0 Å². The molecule has 5 nitrogen and oxygen atoms in total. The van der Waals surface area contributed by atoms with Crippen molar-refractivity contribution in [1.82, 2.24) is 0 Å². The van der Waals surface area contributed by atoms with Crippen LogP contribution in [0.15, 0.2) is 22.7 Å². The Hall–Kier alpha value is -1.14. The molecule has 0 spiro atoms. The lowest BCUT2D eigenvalue weighted by Gasteiger charge is -2.23. The van der Waals surface area contributed by atoms with Crippen molar-refractivity contribution >= 4 is 27.3 Å². The molecule has 2 rings (SSSR count). The second-order valence-electron chi connectivity index (χ2n) is 4.29. The predicted octanol–water partition coefficient (Wildman–Crippen LogP) is 3.34. The Kier molecular flexibility index (Phi) is 4.54. The number of anilines is 1. The fourth-order valence-electron chi connectivity index (χ4n) is 2.00. The van der Waals surface area contributed by atoms with Gasteiger partial charge in [0.1, 0.15) is 5.69 Å². The van der Waals surface area contributed by atoms with Crippen molar-refractivity contribution < 1.29 is 9.66 Å². The zero-order chi connectivity index (χ0) is 13.0. The van der Waals surface area contributed by atoms with Crippen molar-refractivity contribution in [3.05, 3.63) is 32.8 Å². The fourth-order valence-corrected chi connectivity index (χ4v) is 2.36. The third-order valence-corrected chi connectivity index (χ3v) is 3.44. The maximum atomic E-state index is 10.9. The van der Waals surface area contributed by atoms with E-state index in [0.29, 0.717) is 12.2 Å². The molecule has 1 fully saturated rings. The molecule has 1 saturated heterocycles. The van der Waals surface area contributed by atoms with Gasteiger partial charge >= 0.3 is 0 Å². The minimum atomic E-state index is -0.378. The largest absolute Gasteiger partial charge is 0.377 e. The summed E-state index contributed by atoms with van der Waals surface area (Å²) < 4.78 is 6.41. The number of nitrogens with zero attached hydrogens (tertiary/aromatic N) is 1. The average Bonchev–Trinajstić information content (AvgIpc) is 2.37. The number of nitro groups is 1. The molecule has 0 bridgehead atoms. The van der Waals surface area contributed by atoms with Crippen molar-refractivity contribution in [2.75, 3.05) is 18.5 Å². The van der Waals surface area contributed by atoms with Crippen LogP contribution in [0.4, 0.5) is 11.4 Å². The first kappa shape index (κ1) is 13.3. The van der Waals surface area contributed by atoms with E-state index < -0.39 is 0 Å². The van der Waals surface area contributed by atoms with E-state index in [1.807, 2.05) is 0 Å². The van der Waals surface area contributed by atoms with E-state index >= 15 is 0 Å². The summed E-state index contributed by atoms with van der Waals surface area (Å²) in [4.78, 5) is 10.5. The van der Waals surface area contributed by atoms with E-state index in [1.165, 1.54) is 6.07 Å². The summed E-state index contributed by atoms with van der Waals surface area (Å²) in [6.45, 7) is 1.39. The van der Waals surface area contributed by atoms with Crippen molar-refractivity contribution in [1.29, 1.82) is 0 Å². The van der Waals surface area contributed by atoms with E-state index in [-0.39, 0.29) is 16.7 Å². The molecule has 6 heteroatoms. The minimum Gasteiger partial charge on any atom is -0.377 e. The Morgan fingerprint density at radius 1 is 1.50 bits per heavy atom. The molecule has 0 saturated carbocycles. The second kappa shape index (κ2) is 6.15. The van der Waals surface area contributed by atoms with Crippen molar-refractivity contribution in [2.24, 2.45) is 0 Å². The molecule has 0 radical (unpaired) electrons. The number of hydrogen-bond acceptors (Lipinski definition) is 4. The third kappa shape index (κ3) is 3.43. The molecule has 0 amide bonds. The molecule has 0 aromatic heterocycles. The zero-order valence-corrected chi connectivity index (χ0v) is 11.5. The highest BCUT2D eigenvalue weighted by molar-refractivity contribution is 9.10. The highest BCUT2D eigenvalue weighted by Crippen LogP contribution is 2.28. The van der Waals surface area contributed by atoms with Gasteiger partial charge in [-0.15, -0.1) is 0 Å². The van der Waals surface area contributed by atoms with Gasteiger partial charge < -0.3 is 10.1 Å². The number of halogens is 1. The van der Waals surface area contributed by atoms with Gasteiger partial charge in [0.25, 0.3) is 5.69 Å². The molecule has 1 heterocycles. The molecule has 0 aliphatic carbocycles. The van der Waals surface area contributed by atoms with Gasteiger partial charge in [-0.1, -0.05) is 15.9 Å². The maximum Gasteiger partial charge on any atom is 0.292 e. The monoisotopic (exact) mass is 314 g/mol. The van der Waals surface area contributed by atoms with Crippen LogP contribution in [0.5, 0.6) is 0 Å². The summed E-state index contributed by atoms with van der Waals surface area (Å²) in [6.07, 6.45) is 3.42. The summed E-state index contributed by atoms with van der Waals surface area (Å²) in [7, 11) is 0. The third-order valence-electron chi connectivity index (χ3n) is 2.95. The van der Waals surface area contributed by atoms with Crippen molar-refractivity contribution in [3.8, 4) is 0 Å². The van der Waals surface area contributed by atoms with Crippen LogP contribution in [-0.4, -0.2) is 24.2 Å². The lowest BCUT2D eigenvalue weighted by Crippen LogP contribution is -2.27. The van der Waals surface area contributed by atoms with Gasteiger partial charge in [0.2, 0.25) is 0 Å². The molecule has 1 aromatic carbocycles. The quantitative estimate of drug-likeness (QED) is 0.684. The number of hydrogen-bond donors (Lipinski definition) is 1. The van der Waals surface area contributed by atoms with Gasteiger partial charge in [-0.3, -0.25) is 10.1 Å². The summed E-state index contributed by atoms with van der Waals surface area (Å²) >= 11 is 3.32. The first-order chi connectivity index (χ1) is 8.66. The molecule has 98 valence electrons. The minimum absolute atomic E-state index is 0.0917. The molecule has 1 atom stereocenters. The highest BCUT2D eigenvalue weighted by Gasteiger charge is 2.17. The van der Waals surface area contributed by atoms with Crippen LogP contribution in [0.2, 0.25) is 0 Å². The Morgan fingerprint density at radius 2 is 2.33 bits per heavy atom. The number of nitrogens with one attached hydrogen (secondary N) is 1. The van der Waals surface area contributed by atoms with Crippen molar-refractivity contribution in [3.63, 3.8) is 0 Å². The van der Waals surface area contributed by atoms with Gasteiger partial charge in [0, 0.05) is 23.7 Å². The standard InChI is InChI=1S/C12H15BrN2O3/c13-9-4-5-12(15(16)17)11(7-9)14-8-10-3-1-2-6-18-10/h4-5,7,10,14H,1-3,6,8H2. The Balaban J connectivity index is 2.03. The topological polar surface area (TPSA) is 64.4 Å². The first-order valence-electron chi connectivity index (χ1n) is 5.96. The number of rotatable bonds is 4. The zero-order valence-electron chi connectivity index (χ0n) is 9.89. The average molecular weight is 315 g/mol. The van der Waals surface area contributed by atoms with E-state index in [0.717, 1.165) is 30.3 Å². The summed E-state index contributed by atoms with van der Waals surface area (Å²) in [5, 5.41) is 14.0. The lowest BCUT2D eigenvalue weighted by molar-refractivity contribution is -0.384. The van der Waals surface area contributed by atoms with Gasteiger partial charge in [0.05, 0.1) is 11.0 Å². The molecular formula is C12H15BrN2O3. The summed E-state index contributed by atoms with van der Waals surface area (Å²) in [6, 6.07) is 4.88. The molecule has 18 heavy (non-hydrogen) atoms. The Morgan fingerprint density at radius 3 is 3.00 bits per heavy atom. The van der Waals surface area contributed by atoms with Gasteiger partial charge in [-0.25, -0.2) is 0 Å². The van der Waals surface area contributed by atoms with Crippen LogP contribution in [-0.2, 0) is 4.74 Å². The summed E-state index contributed by atoms with van der Waals surface area (Å²) in [5.74, 6) is 0. The first-order valence-corrected chi connectivity index (χ1v) is 6.75. The normalized spacial score (nSPS) is 19.5. The van der Waals surface area contributed by atoms with Gasteiger partial charge in [-0.2, -0.15) is 0 Å². The summed E-state index contributed by atoms with van der Waals surface area (Å²) in [5.41, 5.74) is 0.623. The van der Waals surface area contributed by atoms with E-state index in [9.17, 15) is 10.1 Å². The van der Waals surface area contributed by atoms with Crippen LogP contribution in [0, 0.1) is 10.1 Å². The predicted molar refractivity (Wildman–Crippen MR) is 72.9 cm³/mol. The number of benzene rings is 1. The van der Waals surface area contributed by atoms with Gasteiger partial charge in [-0.05, 0) is 31.4 Å². The van der Waals surface area contributed by atoms with E-state index in [2.05, 4.69) is 21.2 Å². The molecular weight excluding hydrogens is 300 g/mol. The van der Waals surface area contributed by atoms with Crippen LogP contribution in [0.3, 0.4) is 0 Å². The van der Waals surface area contributed by atoms with E-state index in [4.69, 9.17) is 4.74 Å². The Bertz CT molecular complexity index is 433. The van der Waals surface area contributed by atoms with Crippen LogP contribution in [0.25, 0.3) is 0 Å². The lowest BCUT2D eigenvalue weighted by atomic mass is 10.1. The van der Waals surface area contributed by atoms with Crippen LogP contribution >= 0.6 is 15.9 Å². The van der Waals surface area contributed by atoms with Crippen molar-refractivity contribution in [2.45, 2.75) is 25.4 Å².